The maximum Gasteiger partial charge on any atom is 0.226 e. The van der Waals surface area contributed by atoms with Crippen molar-refractivity contribution in [1.82, 2.24) is 10.6 Å². The first-order valence-electron chi connectivity index (χ1n) is 7.31. The predicted molar refractivity (Wildman–Crippen MR) is 83.0 cm³/mol. The highest BCUT2D eigenvalue weighted by molar-refractivity contribution is 5.85. The molecule has 1 aliphatic carbocycles. The van der Waals surface area contributed by atoms with Crippen molar-refractivity contribution in [2.75, 3.05) is 19.6 Å². The second kappa shape index (κ2) is 6.59. The van der Waals surface area contributed by atoms with Gasteiger partial charge in [0.15, 0.2) is 0 Å². The van der Waals surface area contributed by atoms with E-state index >= 15 is 0 Å². The molecule has 1 saturated heterocycles. The average Bonchev–Trinajstić information content (AvgIpc) is 2.33. The quantitative estimate of drug-likeness (QED) is 0.874. The van der Waals surface area contributed by atoms with Gasteiger partial charge in [-0.2, -0.15) is 0 Å². The van der Waals surface area contributed by atoms with Crippen LogP contribution in [0.2, 0.25) is 0 Å². The van der Waals surface area contributed by atoms with E-state index in [-0.39, 0.29) is 23.7 Å². The molecule has 110 valence electrons. The lowest BCUT2D eigenvalue weighted by Crippen LogP contribution is -2.52. The Morgan fingerprint density at radius 1 is 1.25 bits per heavy atom. The fourth-order valence-electron chi connectivity index (χ4n) is 2.99. The number of nitrogens with one attached hydrogen (secondary N) is 2. The lowest BCUT2D eigenvalue weighted by atomic mass is 9.64. The van der Waals surface area contributed by atoms with Gasteiger partial charge in [0.25, 0.3) is 0 Å². The minimum absolute atomic E-state index is 0. The Morgan fingerprint density at radius 2 is 1.95 bits per heavy atom. The van der Waals surface area contributed by atoms with Gasteiger partial charge in [-0.05, 0) is 24.8 Å². The van der Waals surface area contributed by atoms with Crippen molar-refractivity contribution in [2.24, 2.45) is 11.3 Å². The van der Waals surface area contributed by atoms with Gasteiger partial charge in [-0.3, -0.25) is 4.79 Å². The highest BCUT2D eigenvalue weighted by atomic mass is 35.5. The van der Waals surface area contributed by atoms with E-state index in [1.807, 2.05) is 6.07 Å². The molecule has 3 nitrogen and oxygen atoms in total. The smallest absolute Gasteiger partial charge is 0.226 e. The number of halogens is 1. The highest BCUT2D eigenvalue weighted by Gasteiger charge is 2.43. The van der Waals surface area contributed by atoms with Gasteiger partial charge in [-0.15, -0.1) is 12.4 Å². The number of carbonyl (C=O) groups excluding carboxylic acids is 1. The minimum Gasteiger partial charge on any atom is -0.355 e. The van der Waals surface area contributed by atoms with Gasteiger partial charge >= 0.3 is 0 Å². The first-order chi connectivity index (χ1) is 9.28. The molecule has 3 rings (SSSR count). The second-order valence-corrected chi connectivity index (χ2v) is 6.03. The summed E-state index contributed by atoms with van der Waals surface area (Å²) in [4.78, 5) is 12.5. The normalized spacial score (nSPS) is 20.2. The molecule has 1 aliphatic heterocycles. The van der Waals surface area contributed by atoms with Crippen LogP contribution >= 0.6 is 12.4 Å². The van der Waals surface area contributed by atoms with E-state index in [1.54, 1.807) is 0 Å². The van der Waals surface area contributed by atoms with E-state index in [1.165, 1.54) is 12.0 Å². The van der Waals surface area contributed by atoms with Crippen LogP contribution in [0.1, 0.15) is 24.8 Å². The fraction of sp³-hybridized carbons (Fsp3) is 0.562. The lowest BCUT2D eigenvalue weighted by molar-refractivity contribution is -0.136. The van der Waals surface area contributed by atoms with Crippen LogP contribution < -0.4 is 10.6 Å². The van der Waals surface area contributed by atoms with Gasteiger partial charge < -0.3 is 10.6 Å². The fourth-order valence-corrected chi connectivity index (χ4v) is 2.99. The first kappa shape index (κ1) is 15.3. The third kappa shape index (κ3) is 3.15. The molecule has 0 aromatic heterocycles. The molecule has 0 spiro atoms. The standard InChI is InChI=1S/C16H22N2O.ClH/c19-15(18-12-14-10-17-11-14)16(7-4-8-16)9-13-5-2-1-3-6-13;/h1-3,5-6,14,17H,4,7-12H2,(H,18,19);1H. The molecule has 1 heterocycles. The summed E-state index contributed by atoms with van der Waals surface area (Å²) in [5.74, 6) is 0.910. The molecule has 0 unspecified atom stereocenters. The molecular weight excluding hydrogens is 272 g/mol. The lowest BCUT2D eigenvalue weighted by Gasteiger charge is -2.41. The summed E-state index contributed by atoms with van der Waals surface area (Å²) < 4.78 is 0. The Kier molecular flexibility index (Phi) is 5.06. The van der Waals surface area contributed by atoms with Gasteiger partial charge in [0.05, 0.1) is 5.41 Å². The van der Waals surface area contributed by atoms with E-state index in [4.69, 9.17) is 0 Å². The number of carbonyl (C=O) groups is 1. The Balaban J connectivity index is 0.00000147. The summed E-state index contributed by atoms with van der Waals surface area (Å²) >= 11 is 0. The molecular formula is C16H23ClN2O. The van der Waals surface area contributed by atoms with E-state index in [9.17, 15) is 4.79 Å². The van der Waals surface area contributed by atoms with Crippen molar-refractivity contribution in [3.8, 4) is 0 Å². The molecule has 2 fully saturated rings. The van der Waals surface area contributed by atoms with Crippen LogP contribution in [0.3, 0.4) is 0 Å². The summed E-state index contributed by atoms with van der Waals surface area (Å²) in [6.45, 7) is 2.93. The molecule has 1 saturated carbocycles. The zero-order valence-electron chi connectivity index (χ0n) is 11.7. The minimum atomic E-state index is -0.126. The average molecular weight is 295 g/mol. The maximum absolute atomic E-state index is 12.5. The van der Waals surface area contributed by atoms with Crippen LogP contribution in [-0.4, -0.2) is 25.5 Å². The van der Waals surface area contributed by atoms with E-state index in [2.05, 4.69) is 34.9 Å². The molecule has 1 aromatic carbocycles. The van der Waals surface area contributed by atoms with Crippen molar-refractivity contribution >= 4 is 18.3 Å². The number of benzene rings is 1. The maximum atomic E-state index is 12.5. The van der Waals surface area contributed by atoms with Gasteiger partial charge in [-0.25, -0.2) is 0 Å². The molecule has 20 heavy (non-hydrogen) atoms. The Hall–Kier alpha value is -1.06. The molecule has 1 aromatic rings. The third-order valence-electron chi connectivity index (χ3n) is 4.59. The van der Waals surface area contributed by atoms with Gasteiger partial charge in [0.1, 0.15) is 0 Å². The van der Waals surface area contributed by atoms with Crippen molar-refractivity contribution < 1.29 is 4.79 Å². The second-order valence-electron chi connectivity index (χ2n) is 6.03. The zero-order chi connectivity index (χ0) is 13.1. The SMILES string of the molecule is Cl.O=C(NCC1CNC1)C1(Cc2ccccc2)CCC1. The van der Waals surface area contributed by atoms with E-state index in [0.29, 0.717) is 5.92 Å². The van der Waals surface area contributed by atoms with Gasteiger partial charge in [-0.1, -0.05) is 36.8 Å². The summed E-state index contributed by atoms with van der Waals surface area (Å²) in [7, 11) is 0. The third-order valence-corrected chi connectivity index (χ3v) is 4.59. The summed E-state index contributed by atoms with van der Waals surface area (Å²) in [5, 5.41) is 6.41. The van der Waals surface area contributed by atoms with Crippen molar-refractivity contribution in [1.29, 1.82) is 0 Å². The molecule has 0 atom stereocenters. The Labute approximate surface area is 126 Å². The molecule has 1 amide bonds. The topological polar surface area (TPSA) is 41.1 Å². The Morgan fingerprint density at radius 3 is 2.45 bits per heavy atom. The van der Waals surface area contributed by atoms with Crippen LogP contribution in [0.25, 0.3) is 0 Å². The van der Waals surface area contributed by atoms with E-state index in [0.717, 1.165) is 38.9 Å². The molecule has 0 radical (unpaired) electrons. The number of amides is 1. The van der Waals surface area contributed by atoms with Crippen LogP contribution in [0.5, 0.6) is 0 Å². The van der Waals surface area contributed by atoms with Gasteiger partial charge in [0.2, 0.25) is 5.91 Å². The van der Waals surface area contributed by atoms with Gasteiger partial charge in [0, 0.05) is 25.6 Å². The summed E-state index contributed by atoms with van der Waals surface area (Å²) in [6, 6.07) is 10.4. The van der Waals surface area contributed by atoms with Crippen LogP contribution in [0, 0.1) is 11.3 Å². The zero-order valence-corrected chi connectivity index (χ0v) is 12.5. The molecule has 0 bridgehead atoms. The molecule has 2 N–H and O–H groups in total. The first-order valence-corrected chi connectivity index (χ1v) is 7.31. The largest absolute Gasteiger partial charge is 0.355 e. The monoisotopic (exact) mass is 294 g/mol. The summed E-state index contributed by atoms with van der Waals surface area (Å²) in [5.41, 5.74) is 1.15. The molecule has 2 aliphatic rings. The van der Waals surface area contributed by atoms with Crippen molar-refractivity contribution in [3.63, 3.8) is 0 Å². The van der Waals surface area contributed by atoms with E-state index < -0.39 is 0 Å². The Bertz CT molecular complexity index is 441. The van der Waals surface area contributed by atoms with Crippen molar-refractivity contribution in [3.05, 3.63) is 35.9 Å². The summed E-state index contributed by atoms with van der Waals surface area (Å²) in [6.07, 6.45) is 4.15. The molecule has 4 heteroatoms. The van der Waals surface area contributed by atoms with Crippen LogP contribution in [0.15, 0.2) is 30.3 Å². The predicted octanol–water partition coefficient (Wildman–Crippen LogP) is 2.16. The van der Waals surface area contributed by atoms with Crippen molar-refractivity contribution in [2.45, 2.75) is 25.7 Å². The number of hydrogen-bond donors (Lipinski definition) is 2. The number of hydrogen-bond acceptors (Lipinski definition) is 2. The van der Waals surface area contributed by atoms with Crippen LogP contribution in [0.4, 0.5) is 0 Å². The van der Waals surface area contributed by atoms with Crippen LogP contribution in [-0.2, 0) is 11.2 Å². The number of rotatable bonds is 5. The highest BCUT2D eigenvalue weighted by Crippen LogP contribution is 2.44.